The van der Waals surface area contributed by atoms with Crippen molar-refractivity contribution in [2.45, 2.75) is 26.2 Å². The molecule has 0 aromatic carbocycles. The first-order chi connectivity index (χ1) is 8.31. The van der Waals surface area contributed by atoms with Crippen LogP contribution in [-0.2, 0) is 9.53 Å². The van der Waals surface area contributed by atoms with E-state index in [4.69, 9.17) is 4.74 Å². The van der Waals surface area contributed by atoms with Crippen LogP contribution in [0.5, 0.6) is 0 Å². The van der Waals surface area contributed by atoms with Crippen LogP contribution in [0, 0.1) is 0 Å². The van der Waals surface area contributed by atoms with Crippen LogP contribution in [0.15, 0.2) is 0 Å². The lowest BCUT2D eigenvalue weighted by Crippen LogP contribution is -2.22. The summed E-state index contributed by atoms with van der Waals surface area (Å²) in [6, 6.07) is 0. The van der Waals surface area contributed by atoms with E-state index >= 15 is 0 Å². The fourth-order valence-corrected chi connectivity index (χ4v) is 2.78. The number of unbranched alkanes of at least 4 members (excludes halogenated alkanes) is 1. The second-order valence-corrected chi connectivity index (χ2v) is 6.01. The topological polar surface area (TPSA) is 50.4 Å². The maximum Gasteiger partial charge on any atom is 0.219 e. The van der Waals surface area contributed by atoms with Crippen LogP contribution in [0.2, 0.25) is 0 Å². The molecule has 0 saturated heterocycles. The predicted molar refractivity (Wildman–Crippen MR) is 77.3 cm³/mol. The van der Waals surface area contributed by atoms with Crippen LogP contribution in [0.25, 0.3) is 0 Å². The normalized spacial score (nSPS) is 10.5. The molecule has 0 atom stereocenters. The number of nitrogens with one attached hydrogen (secondary N) is 2. The van der Waals surface area contributed by atoms with Gasteiger partial charge in [-0.1, -0.05) is 21.6 Å². The van der Waals surface area contributed by atoms with Crippen molar-refractivity contribution < 1.29 is 9.53 Å². The van der Waals surface area contributed by atoms with Crippen LogP contribution < -0.4 is 10.6 Å². The van der Waals surface area contributed by atoms with Crippen LogP contribution in [-0.4, -0.2) is 44.3 Å². The minimum absolute atomic E-state index is 0.143. The fraction of sp³-hybridized carbons (Fsp3) is 0.909. The van der Waals surface area contributed by atoms with Crippen LogP contribution in [0.3, 0.4) is 0 Å². The Labute approximate surface area is 112 Å². The van der Waals surface area contributed by atoms with Gasteiger partial charge >= 0.3 is 0 Å². The van der Waals surface area contributed by atoms with Crippen LogP contribution >= 0.6 is 21.6 Å². The Morgan fingerprint density at radius 1 is 1.29 bits per heavy atom. The minimum atomic E-state index is 0.143. The van der Waals surface area contributed by atoms with E-state index in [9.17, 15) is 4.79 Å². The third kappa shape index (κ3) is 14.0. The number of rotatable bonds is 12. The average Bonchev–Trinajstić information content (AvgIpc) is 2.32. The Kier molecular flexibility index (Phi) is 14.2. The van der Waals surface area contributed by atoms with Gasteiger partial charge in [0.15, 0.2) is 0 Å². The summed E-state index contributed by atoms with van der Waals surface area (Å²) < 4.78 is 5.45. The van der Waals surface area contributed by atoms with Gasteiger partial charge in [-0.2, -0.15) is 0 Å². The molecule has 0 bridgehead atoms. The molecule has 0 aliphatic carbocycles. The molecule has 17 heavy (non-hydrogen) atoms. The van der Waals surface area contributed by atoms with E-state index in [0.29, 0.717) is 6.42 Å². The second-order valence-electron chi connectivity index (χ2n) is 3.48. The highest BCUT2D eigenvalue weighted by molar-refractivity contribution is 8.76. The highest BCUT2D eigenvalue weighted by atomic mass is 33.1. The van der Waals surface area contributed by atoms with Gasteiger partial charge in [-0.05, 0) is 26.8 Å². The van der Waals surface area contributed by atoms with E-state index < -0.39 is 0 Å². The Hall–Kier alpha value is 0.0900. The fourth-order valence-electron chi connectivity index (χ4n) is 1.10. The third-order valence-electron chi connectivity index (χ3n) is 1.97. The summed E-state index contributed by atoms with van der Waals surface area (Å²) in [6.45, 7) is 4.43. The summed E-state index contributed by atoms with van der Waals surface area (Å²) in [7, 11) is 5.51. The summed E-state index contributed by atoms with van der Waals surface area (Å²) in [4.78, 5) is 11.1. The van der Waals surface area contributed by atoms with Gasteiger partial charge in [-0.25, -0.2) is 0 Å². The molecule has 0 spiro atoms. The molecule has 0 aromatic heterocycles. The quantitative estimate of drug-likeness (QED) is 0.325. The zero-order chi connectivity index (χ0) is 12.8. The molecular weight excluding hydrogens is 256 g/mol. The van der Waals surface area contributed by atoms with E-state index in [1.54, 1.807) is 10.8 Å². The molecule has 0 unspecified atom stereocenters. The highest BCUT2D eigenvalue weighted by Gasteiger charge is 1.98. The van der Waals surface area contributed by atoms with Gasteiger partial charge in [0.25, 0.3) is 0 Å². The number of hydrogen-bond acceptors (Lipinski definition) is 5. The first-order valence-electron chi connectivity index (χ1n) is 6.04. The number of hydrogen-bond donors (Lipinski definition) is 2. The van der Waals surface area contributed by atoms with E-state index in [1.165, 1.54) is 0 Å². The number of amides is 1. The molecule has 4 nitrogen and oxygen atoms in total. The van der Waals surface area contributed by atoms with Crippen molar-refractivity contribution in [3.05, 3.63) is 0 Å². The first-order valence-corrected chi connectivity index (χ1v) is 8.53. The zero-order valence-corrected chi connectivity index (χ0v) is 12.4. The molecule has 102 valence electrons. The van der Waals surface area contributed by atoms with Gasteiger partial charge in [0, 0.05) is 31.9 Å². The Morgan fingerprint density at radius 2 is 2.12 bits per heavy atom. The monoisotopic (exact) mass is 280 g/mol. The second kappa shape index (κ2) is 14.2. The first kappa shape index (κ1) is 17.1. The summed E-state index contributed by atoms with van der Waals surface area (Å²) in [5, 5.41) is 5.88. The molecule has 0 saturated carbocycles. The summed E-state index contributed by atoms with van der Waals surface area (Å²) in [5.41, 5.74) is 0. The van der Waals surface area contributed by atoms with Crippen molar-refractivity contribution in [3.8, 4) is 0 Å². The Morgan fingerprint density at radius 3 is 2.82 bits per heavy atom. The van der Waals surface area contributed by atoms with Crippen molar-refractivity contribution in [2.24, 2.45) is 0 Å². The SMILES string of the molecule is CCNC(=O)CCCCOCSSCCNC. The minimum Gasteiger partial charge on any atom is -0.370 e. The molecule has 1 amide bonds. The summed E-state index contributed by atoms with van der Waals surface area (Å²) in [6.07, 6.45) is 2.48. The van der Waals surface area contributed by atoms with Crippen LogP contribution in [0.4, 0.5) is 0 Å². The number of carbonyl (C=O) groups is 1. The number of carbonyl (C=O) groups excluding carboxylic acids is 1. The van der Waals surface area contributed by atoms with Crippen molar-refractivity contribution in [1.29, 1.82) is 0 Å². The largest absolute Gasteiger partial charge is 0.370 e. The average molecular weight is 280 g/mol. The third-order valence-corrected chi connectivity index (χ3v) is 4.06. The molecule has 0 aromatic rings. The molecule has 0 aliphatic heterocycles. The standard InChI is InChI=1S/C11H24N2O2S2/c1-3-13-11(14)6-4-5-8-15-10-17-16-9-7-12-2/h12H,3-10H2,1-2H3,(H,13,14). The maximum absolute atomic E-state index is 11.1. The maximum atomic E-state index is 11.1. The van der Waals surface area contributed by atoms with Crippen LogP contribution in [0.1, 0.15) is 26.2 Å². The summed E-state index contributed by atoms with van der Waals surface area (Å²) in [5.74, 6) is 1.97. The molecule has 2 N–H and O–H groups in total. The predicted octanol–water partition coefficient (Wildman–Crippen LogP) is 1.87. The van der Waals surface area contributed by atoms with Gasteiger partial charge in [0.1, 0.15) is 5.94 Å². The number of ether oxygens (including phenoxy) is 1. The van der Waals surface area contributed by atoms with Gasteiger partial charge in [-0.3, -0.25) is 4.79 Å². The zero-order valence-electron chi connectivity index (χ0n) is 10.8. The highest BCUT2D eigenvalue weighted by Crippen LogP contribution is 2.20. The van der Waals surface area contributed by atoms with Gasteiger partial charge < -0.3 is 15.4 Å². The molecule has 6 heteroatoms. The van der Waals surface area contributed by atoms with Crippen molar-refractivity contribution in [1.82, 2.24) is 10.6 Å². The summed E-state index contributed by atoms with van der Waals surface area (Å²) >= 11 is 0. The lowest BCUT2D eigenvalue weighted by Gasteiger charge is -2.04. The van der Waals surface area contributed by atoms with Crippen molar-refractivity contribution >= 4 is 27.5 Å². The van der Waals surface area contributed by atoms with Gasteiger partial charge in [-0.15, -0.1) is 0 Å². The van der Waals surface area contributed by atoms with E-state index in [0.717, 1.165) is 44.2 Å². The van der Waals surface area contributed by atoms with Gasteiger partial charge in [0.05, 0.1) is 0 Å². The molecule has 0 radical (unpaired) electrons. The molecule has 0 rings (SSSR count). The van der Waals surface area contributed by atoms with E-state index in [2.05, 4.69) is 10.6 Å². The molecule has 0 aliphatic rings. The lowest BCUT2D eigenvalue weighted by atomic mass is 10.2. The molecular formula is C11H24N2O2S2. The Balaban J connectivity index is 3.01. The molecule has 0 fully saturated rings. The Bertz CT molecular complexity index is 183. The smallest absolute Gasteiger partial charge is 0.219 e. The van der Waals surface area contributed by atoms with Crippen molar-refractivity contribution in [3.63, 3.8) is 0 Å². The molecule has 0 heterocycles. The lowest BCUT2D eigenvalue weighted by molar-refractivity contribution is -0.121. The van der Waals surface area contributed by atoms with E-state index in [-0.39, 0.29) is 5.91 Å². The van der Waals surface area contributed by atoms with E-state index in [1.807, 2.05) is 24.8 Å². The van der Waals surface area contributed by atoms with Gasteiger partial charge in [0.2, 0.25) is 5.91 Å². The van der Waals surface area contributed by atoms with Crippen molar-refractivity contribution in [2.75, 3.05) is 38.4 Å².